The van der Waals surface area contributed by atoms with Crippen LogP contribution in [0.5, 0.6) is 5.75 Å². The third-order valence-corrected chi connectivity index (χ3v) is 9.68. The molecule has 1 aliphatic heterocycles. The molecule has 1 heterocycles. The summed E-state index contributed by atoms with van der Waals surface area (Å²) in [6.45, 7) is 1.88. The van der Waals surface area contributed by atoms with E-state index in [4.69, 9.17) is 16.3 Å². The zero-order valence-corrected chi connectivity index (χ0v) is 24.6. The fourth-order valence-corrected chi connectivity index (χ4v) is 6.27. The van der Waals surface area contributed by atoms with Crippen LogP contribution in [-0.4, -0.2) is 38.1 Å². The minimum absolute atomic E-state index is 0.00506. The van der Waals surface area contributed by atoms with Crippen LogP contribution in [0.3, 0.4) is 0 Å². The third kappa shape index (κ3) is 7.11. The maximum Gasteiger partial charge on any atom is 0.273 e. The first kappa shape index (κ1) is 28.7. The number of hydrazone groups is 1. The molecule has 0 atom stereocenters. The number of sulfonamides is 1. The molecule has 0 spiro atoms. The molecule has 1 amide bonds. The number of hydrogen-bond donors (Lipinski definition) is 1. The lowest BCUT2D eigenvalue weighted by Crippen LogP contribution is -2.33. The number of anilines is 1. The molecule has 0 bridgehead atoms. The third-order valence-electron chi connectivity index (χ3n) is 6.44. The number of carbonyl (C=O) groups is 1. The van der Waals surface area contributed by atoms with E-state index >= 15 is 0 Å². The number of aryl methyl sites for hydroxylation is 1. The molecule has 1 aliphatic rings. The number of nitrogens with one attached hydrogen (secondary N) is 1. The summed E-state index contributed by atoms with van der Waals surface area (Å²) in [7, 11) is -4.04. The van der Waals surface area contributed by atoms with Crippen molar-refractivity contribution >= 4 is 51.2 Å². The number of rotatable bonds is 10. The fourth-order valence-electron chi connectivity index (χ4n) is 4.11. The van der Waals surface area contributed by atoms with Crippen molar-refractivity contribution in [3.63, 3.8) is 0 Å². The van der Waals surface area contributed by atoms with Crippen molar-refractivity contribution in [1.82, 2.24) is 5.43 Å². The van der Waals surface area contributed by atoms with E-state index in [1.54, 1.807) is 72.8 Å². The Morgan fingerprint density at radius 2 is 1.68 bits per heavy atom. The predicted molar refractivity (Wildman–Crippen MR) is 166 cm³/mol. The summed E-state index contributed by atoms with van der Waals surface area (Å²) >= 11 is 7.91. The lowest BCUT2D eigenvalue weighted by Gasteiger charge is -2.26. The van der Waals surface area contributed by atoms with Crippen LogP contribution in [0.1, 0.15) is 27.0 Å². The maximum absolute atomic E-state index is 13.9. The normalized spacial score (nSPS) is 13.5. The van der Waals surface area contributed by atoms with Gasteiger partial charge in [-0.15, -0.1) is 0 Å². The molecule has 0 radical (unpaired) electrons. The Balaban J connectivity index is 1.39. The second kappa shape index (κ2) is 12.8. The van der Waals surface area contributed by atoms with E-state index in [-0.39, 0.29) is 28.8 Å². The van der Waals surface area contributed by atoms with Crippen molar-refractivity contribution in [2.75, 3.05) is 15.8 Å². The number of para-hydroxylation sites is 1. The van der Waals surface area contributed by atoms with Gasteiger partial charge in [0.15, 0.2) is 0 Å². The van der Waals surface area contributed by atoms with Gasteiger partial charge in [0.1, 0.15) is 11.9 Å². The van der Waals surface area contributed by atoms with Gasteiger partial charge in [-0.3, -0.25) is 9.10 Å². The summed E-state index contributed by atoms with van der Waals surface area (Å²) in [4.78, 5) is 13.4. The van der Waals surface area contributed by atoms with Crippen molar-refractivity contribution in [3.8, 4) is 5.75 Å². The number of amides is 1. The number of carbonyl (C=O) groups excluding carboxylic acids is 1. The summed E-state index contributed by atoms with van der Waals surface area (Å²) in [6.07, 6.45) is 1.78. The highest BCUT2D eigenvalue weighted by Crippen LogP contribution is 2.30. The first-order valence-electron chi connectivity index (χ1n) is 12.9. The molecule has 0 aromatic heterocycles. The Morgan fingerprint density at radius 3 is 2.34 bits per heavy atom. The lowest BCUT2D eigenvalue weighted by atomic mass is 10.1. The first-order valence-corrected chi connectivity index (χ1v) is 15.9. The van der Waals surface area contributed by atoms with Crippen LogP contribution in [-0.2, 0) is 16.6 Å². The van der Waals surface area contributed by atoms with Gasteiger partial charge in [0.05, 0.1) is 28.9 Å². The molecule has 1 fully saturated rings. The maximum atomic E-state index is 13.9. The van der Waals surface area contributed by atoms with Gasteiger partial charge >= 0.3 is 0 Å². The first-order chi connectivity index (χ1) is 19.8. The second-order valence-electron chi connectivity index (χ2n) is 9.51. The van der Waals surface area contributed by atoms with E-state index < -0.39 is 15.9 Å². The van der Waals surface area contributed by atoms with E-state index in [1.807, 2.05) is 43.0 Å². The van der Waals surface area contributed by atoms with E-state index in [2.05, 4.69) is 10.5 Å². The average molecular weight is 606 g/mol. The molecule has 210 valence electrons. The van der Waals surface area contributed by atoms with Crippen molar-refractivity contribution < 1.29 is 17.9 Å². The van der Waals surface area contributed by atoms with Gasteiger partial charge in [-0.25, -0.2) is 13.8 Å². The summed E-state index contributed by atoms with van der Waals surface area (Å²) in [5.74, 6) is 2.25. The molecule has 5 rings (SSSR count). The highest BCUT2D eigenvalue weighted by Gasteiger charge is 2.28. The molecular weight excluding hydrogens is 578 g/mol. The van der Waals surface area contributed by atoms with Crippen molar-refractivity contribution in [3.05, 3.63) is 124 Å². The van der Waals surface area contributed by atoms with Crippen LogP contribution in [0, 0.1) is 6.92 Å². The smallest absolute Gasteiger partial charge is 0.273 e. The fraction of sp³-hybridized carbons (Fsp3) is 0.161. The van der Waals surface area contributed by atoms with Gasteiger partial charge in [0.2, 0.25) is 0 Å². The largest absolute Gasteiger partial charge is 0.489 e. The summed E-state index contributed by atoms with van der Waals surface area (Å²) in [6, 6.07) is 27.5. The lowest BCUT2D eigenvalue weighted by molar-refractivity contribution is 0.0955. The highest BCUT2D eigenvalue weighted by atomic mass is 35.5. The minimum atomic E-state index is -4.04. The van der Waals surface area contributed by atoms with E-state index in [9.17, 15) is 13.2 Å². The second-order valence-corrected chi connectivity index (χ2v) is 12.9. The standard InChI is InChI=1S/C31H28ClN3O4S2/c1-22-6-16-28(17-7-22)41(37,38)35(19-24-8-12-25(32)13-9-24)30-5-3-2-4-29(30)31(36)34-33-18-23-10-14-26(15-11-23)39-27-20-40-21-27/h2-18,27H,19-21H2,1H3,(H,34,36)/b33-18-. The van der Waals surface area contributed by atoms with E-state index in [0.29, 0.717) is 10.6 Å². The Morgan fingerprint density at radius 1 is 1.00 bits per heavy atom. The summed E-state index contributed by atoms with van der Waals surface area (Å²) in [5, 5.41) is 4.65. The molecule has 4 aromatic rings. The number of benzene rings is 4. The molecule has 1 saturated heterocycles. The van der Waals surface area contributed by atoms with Crippen LogP contribution in [0.15, 0.2) is 107 Å². The monoisotopic (exact) mass is 605 g/mol. The zero-order chi connectivity index (χ0) is 28.8. The Labute approximate surface area is 249 Å². The highest BCUT2D eigenvalue weighted by molar-refractivity contribution is 8.00. The molecule has 0 saturated carbocycles. The van der Waals surface area contributed by atoms with Crippen molar-refractivity contribution in [1.29, 1.82) is 0 Å². The molecule has 41 heavy (non-hydrogen) atoms. The SMILES string of the molecule is Cc1ccc(S(=O)(=O)N(Cc2ccc(Cl)cc2)c2ccccc2C(=O)N/N=C\c2ccc(OC3CSC3)cc2)cc1. The predicted octanol–water partition coefficient (Wildman–Crippen LogP) is 6.30. The van der Waals surface area contributed by atoms with Crippen molar-refractivity contribution in [2.45, 2.75) is 24.5 Å². The topological polar surface area (TPSA) is 88.1 Å². The number of thioether (sulfide) groups is 1. The van der Waals surface area contributed by atoms with Crippen LogP contribution in [0.4, 0.5) is 5.69 Å². The van der Waals surface area contributed by atoms with Gasteiger partial charge in [0.25, 0.3) is 15.9 Å². The van der Waals surface area contributed by atoms with E-state index in [0.717, 1.165) is 28.4 Å². The average Bonchev–Trinajstić information content (AvgIpc) is 2.95. The number of ether oxygens (including phenoxy) is 1. The van der Waals surface area contributed by atoms with Crippen LogP contribution >= 0.6 is 23.4 Å². The summed E-state index contributed by atoms with van der Waals surface area (Å²) < 4.78 is 35.0. The Bertz CT molecular complexity index is 1640. The molecular formula is C31H28ClN3O4S2. The van der Waals surface area contributed by atoms with Crippen LogP contribution in [0.25, 0.3) is 0 Å². The van der Waals surface area contributed by atoms with Crippen LogP contribution in [0.2, 0.25) is 5.02 Å². The minimum Gasteiger partial charge on any atom is -0.489 e. The van der Waals surface area contributed by atoms with Gasteiger partial charge in [-0.05, 0) is 78.7 Å². The van der Waals surface area contributed by atoms with Crippen LogP contribution < -0.4 is 14.5 Å². The van der Waals surface area contributed by atoms with Gasteiger partial charge in [-0.1, -0.05) is 53.6 Å². The Kier molecular flexibility index (Phi) is 8.97. The zero-order valence-electron chi connectivity index (χ0n) is 22.2. The number of halogens is 1. The number of hydrogen-bond acceptors (Lipinski definition) is 6. The van der Waals surface area contributed by atoms with Crippen molar-refractivity contribution in [2.24, 2.45) is 5.10 Å². The molecule has 10 heteroatoms. The quantitative estimate of drug-likeness (QED) is 0.169. The molecule has 1 N–H and O–H groups in total. The van der Waals surface area contributed by atoms with E-state index in [1.165, 1.54) is 10.5 Å². The molecule has 0 unspecified atom stereocenters. The molecule has 0 aliphatic carbocycles. The van der Waals surface area contributed by atoms with Gasteiger partial charge in [0, 0.05) is 16.5 Å². The van der Waals surface area contributed by atoms with Gasteiger partial charge < -0.3 is 4.74 Å². The van der Waals surface area contributed by atoms with Gasteiger partial charge in [-0.2, -0.15) is 16.9 Å². The summed E-state index contributed by atoms with van der Waals surface area (Å²) in [5.41, 5.74) is 5.35. The molecule has 7 nitrogen and oxygen atoms in total. The Hall–Kier alpha value is -3.79. The number of nitrogens with zero attached hydrogens (tertiary/aromatic N) is 2. The molecule has 4 aromatic carbocycles.